The van der Waals surface area contributed by atoms with Crippen LogP contribution in [0.15, 0.2) is 36.4 Å². The molecule has 8 heteroatoms. The highest BCUT2D eigenvalue weighted by molar-refractivity contribution is 6.17. The summed E-state index contributed by atoms with van der Waals surface area (Å²) in [7, 11) is 0. The number of aliphatic hydroxyl groups excluding tert-OH is 1. The van der Waals surface area contributed by atoms with Gasteiger partial charge >= 0.3 is 12.4 Å². The molecule has 168 valence electrons. The van der Waals surface area contributed by atoms with Gasteiger partial charge in [-0.15, -0.1) is 11.6 Å². The van der Waals surface area contributed by atoms with Crippen LogP contribution in [0.5, 0.6) is 0 Å². The third-order valence-electron chi connectivity index (χ3n) is 4.43. The highest BCUT2D eigenvalue weighted by Gasteiger charge is 2.34. The Morgan fingerprint density at radius 3 is 1.40 bits per heavy atom. The van der Waals surface area contributed by atoms with Crippen molar-refractivity contribution in [3.8, 4) is 0 Å². The van der Waals surface area contributed by atoms with E-state index in [1.54, 1.807) is 33.8 Å². The topological polar surface area (TPSA) is 20.2 Å². The van der Waals surface area contributed by atoms with Gasteiger partial charge in [0.1, 0.15) is 0 Å². The molecule has 2 aromatic carbocycles. The summed E-state index contributed by atoms with van der Waals surface area (Å²) in [6.45, 7) is 6.53. The number of aliphatic hydroxyl groups is 1. The zero-order valence-electron chi connectivity index (χ0n) is 17.1. The van der Waals surface area contributed by atoms with Crippen LogP contribution in [-0.4, -0.2) is 5.11 Å². The third kappa shape index (κ3) is 7.20. The SMILES string of the molecule is CC(C)c1ccc(CCl)cc1C(F)(F)F.CC(C)c1ccc(CO)cc1C(F)(F)F. The summed E-state index contributed by atoms with van der Waals surface area (Å²) < 4.78 is 76.0. The second-order valence-corrected chi connectivity index (χ2v) is 7.71. The molecule has 0 spiro atoms. The Morgan fingerprint density at radius 2 is 1.10 bits per heavy atom. The van der Waals surface area contributed by atoms with E-state index in [-0.39, 0.29) is 35.4 Å². The Balaban J connectivity index is 0.000000300. The van der Waals surface area contributed by atoms with Gasteiger partial charge in [-0.1, -0.05) is 52.0 Å². The summed E-state index contributed by atoms with van der Waals surface area (Å²) in [4.78, 5) is 0. The van der Waals surface area contributed by atoms with Gasteiger partial charge in [-0.25, -0.2) is 0 Å². The van der Waals surface area contributed by atoms with Crippen molar-refractivity contribution in [2.45, 2.75) is 64.4 Å². The quantitative estimate of drug-likeness (QED) is 0.368. The van der Waals surface area contributed by atoms with Gasteiger partial charge in [0.15, 0.2) is 0 Å². The smallest absolute Gasteiger partial charge is 0.392 e. The molecule has 0 fully saturated rings. The van der Waals surface area contributed by atoms with Crippen LogP contribution in [0, 0.1) is 0 Å². The van der Waals surface area contributed by atoms with E-state index < -0.39 is 23.5 Å². The molecule has 0 amide bonds. The van der Waals surface area contributed by atoms with Crippen molar-refractivity contribution < 1.29 is 31.4 Å². The van der Waals surface area contributed by atoms with Gasteiger partial charge in [0, 0.05) is 5.88 Å². The maximum atomic E-state index is 12.7. The number of rotatable bonds is 4. The first-order valence-corrected chi connectivity index (χ1v) is 9.82. The van der Waals surface area contributed by atoms with E-state index in [0.29, 0.717) is 11.1 Å². The van der Waals surface area contributed by atoms with Crippen molar-refractivity contribution in [1.29, 1.82) is 0 Å². The Bertz CT molecular complexity index is 756. The largest absolute Gasteiger partial charge is 0.416 e. The lowest BCUT2D eigenvalue weighted by atomic mass is 9.95. The van der Waals surface area contributed by atoms with E-state index in [0.717, 1.165) is 12.1 Å². The summed E-state index contributed by atoms with van der Waals surface area (Å²) in [5, 5.41) is 8.79. The van der Waals surface area contributed by atoms with E-state index in [2.05, 4.69) is 0 Å². The molecule has 0 heterocycles. The number of hydrogen-bond donors (Lipinski definition) is 1. The van der Waals surface area contributed by atoms with Gasteiger partial charge in [0.2, 0.25) is 0 Å². The summed E-state index contributed by atoms with van der Waals surface area (Å²) in [5.41, 5.74) is 0.135. The molecule has 1 nitrogen and oxygen atoms in total. The highest BCUT2D eigenvalue weighted by Crippen LogP contribution is 2.36. The molecule has 0 saturated heterocycles. The molecule has 0 bridgehead atoms. The predicted molar refractivity (Wildman–Crippen MR) is 107 cm³/mol. The number of alkyl halides is 7. The normalized spacial score (nSPS) is 12.2. The van der Waals surface area contributed by atoms with E-state index in [1.165, 1.54) is 18.2 Å². The summed E-state index contributed by atoms with van der Waals surface area (Å²) in [6, 6.07) is 8.23. The van der Waals surface area contributed by atoms with Crippen LogP contribution in [-0.2, 0) is 24.8 Å². The van der Waals surface area contributed by atoms with Gasteiger partial charge < -0.3 is 5.11 Å². The van der Waals surface area contributed by atoms with Crippen molar-refractivity contribution in [3.63, 3.8) is 0 Å². The number of halogens is 7. The molecule has 0 atom stereocenters. The molecule has 0 radical (unpaired) electrons. The molecular weight excluding hydrogens is 430 g/mol. The lowest BCUT2D eigenvalue weighted by Crippen LogP contribution is -2.11. The first-order valence-electron chi connectivity index (χ1n) is 9.29. The van der Waals surface area contributed by atoms with Crippen molar-refractivity contribution >= 4 is 11.6 Å². The molecule has 2 rings (SSSR count). The Morgan fingerprint density at radius 1 is 0.733 bits per heavy atom. The van der Waals surface area contributed by atoms with Gasteiger partial charge in [-0.05, 0) is 46.2 Å². The fourth-order valence-electron chi connectivity index (χ4n) is 2.89. The van der Waals surface area contributed by atoms with E-state index in [4.69, 9.17) is 16.7 Å². The molecular formula is C22H25ClF6O. The van der Waals surface area contributed by atoms with E-state index in [1.807, 2.05) is 0 Å². The monoisotopic (exact) mass is 454 g/mol. The predicted octanol–water partition coefficient (Wildman–Crippen LogP) is 7.89. The van der Waals surface area contributed by atoms with Crippen LogP contribution in [0.4, 0.5) is 26.3 Å². The maximum absolute atomic E-state index is 12.7. The van der Waals surface area contributed by atoms with E-state index in [9.17, 15) is 26.3 Å². The lowest BCUT2D eigenvalue weighted by molar-refractivity contribution is -0.139. The van der Waals surface area contributed by atoms with Gasteiger partial charge in [0.25, 0.3) is 0 Å². The first kappa shape index (κ1) is 26.3. The first-order chi connectivity index (χ1) is 13.7. The van der Waals surface area contributed by atoms with Crippen LogP contribution in [0.2, 0.25) is 0 Å². The lowest BCUT2D eigenvalue weighted by Gasteiger charge is -2.16. The Labute approximate surface area is 177 Å². The summed E-state index contributed by atoms with van der Waals surface area (Å²) >= 11 is 5.51. The Kier molecular flexibility index (Phi) is 9.24. The van der Waals surface area contributed by atoms with Crippen molar-refractivity contribution in [1.82, 2.24) is 0 Å². The molecule has 0 aliphatic rings. The summed E-state index contributed by atoms with van der Waals surface area (Å²) in [6.07, 6.45) is -8.66. The second-order valence-electron chi connectivity index (χ2n) is 7.44. The maximum Gasteiger partial charge on any atom is 0.416 e. The molecule has 0 aliphatic heterocycles. The summed E-state index contributed by atoms with van der Waals surface area (Å²) in [5.74, 6) is -0.234. The molecule has 0 unspecified atom stereocenters. The standard InChI is InChI=1S/C11H12ClF3.C11H13F3O/c1-7(2)9-4-3-8(6-12)5-10(9)11(13,14)15;1-7(2)9-4-3-8(6-15)5-10(9)11(12,13)14/h3-5,7H,6H2,1-2H3;3-5,7,15H,6H2,1-2H3. The second kappa shape index (κ2) is 10.5. The van der Waals surface area contributed by atoms with Crippen LogP contribution in [0.1, 0.15) is 72.9 Å². The average Bonchev–Trinajstić information content (AvgIpc) is 2.65. The van der Waals surface area contributed by atoms with E-state index >= 15 is 0 Å². The fraction of sp³-hybridized carbons (Fsp3) is 0.455. The third-order valence-corrected chi connectivity index (χ3v) is 4.74. The molecule has 0 saturated carbocycles. The molecule has 0 aliphatic carbocycles. The minimum atomic E-state index is -4.36. The Hall–Kier alpha value is -1.73. The van der Waals surface area contributed by atoms with Crippen LogP contribution < -0.4 is 0 Å². The number of hydrogen-bond acceptors (Lipinski definition) is 1. The molecule has 2 aromatic rings. The minimum Gasteiger partial charge on any atom is -0.392 e. The van der Waals surface area contributed by atoms with Crippen molar-refractivity contribution in [3.05, 3.63) is 69.8 Å². The fourth-order valence-corrected chi connectivity index (χ4v) is 3.05. The van der Waals surface area contributed by atoms with Gasteiger partial charge in [-0.2, -0.15) is 26.3 Å². The average molecular weight is 455 g/mol. The van der Waals surface area contributed by atoms with Crippen LogP contribution in [0.3, 0.4) is 0 Å². The van der Waals surface area contributed by atoms with Crippen molar-refractivity contribution in [2.24, 2.45) is 0 Å². The van der Waals surface area contributed by atoms with Crippen LogP contribution in [0.25, 0.3) is 0 Å². The van der Waals surface area contributed by atoms with Crippen LogP contribution >= 0.6 is 11.6 Å². The minimum absolute atomic E-state index is 0.0987. The van der Waals surface area contributed by atoms with Crippen molar-refractivity contribution in [2.75, 3.05) is 0 Å². The highest BCUT2D eigenvalue weighted by atomic mass is 35.5. The molecule has 0 aromatic heterocycles. The number of benzene rings is 2. The molecule has 30 heavy (non-hydrogen) atoms. The van der Waals surface area contributed by atoms with Gasteiger partial charge in [-0.3, -0.25) is 0 Å². The zero-order valence-corrected chi connectivity index (χ0v) is 17.9. The van der Waals surface area contributed by atoms with Gasteiger partial charge in [0.05, 0.1) is 17.7 Å². The zero-order chi connectivity index (χ0) is 23.3. The molecule has 1 N–H and O–H groups in total.